The van der Waals surface area contributed by atoms with Crippen LogP contribution in [-0.2, 0) is 4.79 Å². The minimum Gasteiger partial charge on any atom is -0.378 e. The number of hydrazone groups is 1. The highest BCUT2D eigenvalue weighted by Gasteiger charge is 2.47. The van der Waals surface area contributed by atoms with Gasteiger partial charge >= 0.3 is 5.91 Å². The van der Waals surface area contributed by atoms with E-state index in [0.29, 0.717) is 10.6 Å². The predicted octanol–water partition coefficient (Wildman–Crippen LogP) is 3.73. The third-order valence-corrected chi connectivity index (χ3v) is 5.90. The van der Waals surface area contributed by atoms with Gasteiger partial charge in [-0.05, 0) is 55.5 Å². The molecule has 4 rings (SSSR count). The van der Waals surface area contributed by atoms with E-state index in [9.17, 15) is 9.59 Å². The lowest BCUT2D eigenvalue weighted by atomic mass is 9.98. The van der Waals surface area contributed by atoms with Gasteiger partial charge in [-0.25, -0.2) is 0 Å². The molecule has 1 fully saturated rings. The van der Waals surface area contributed by atoms with E-state index in [4.69, 9.17) is 11.6 Å². The lowest BCUT2D eigenvalue weighted by molar-refractivity contribution is -0.596. The van der Waals surface area contributed by atoms with E-state index in [2.05, 4.69) is 10.7 Å². The highest BCUT2D eigenvalue weighted by atomic mass is 35.5. The van der Waals surface area contributed by atoms with Crippen molar-refractivity contribution >= 4 is 35.3 Å². The summed E-state index contributed by atoms with van der Waals surface area (Å²) in [5.74, 6) is -0.606. The summed E-state index contributed by atoms with van der Waals surface area (Å²) in [6.07, 6.45) is 1.89. The molecule has 0 spiro atoms. The Labute approximate surface area is 198 Å². The van der Waals surface area contributed by atoms with Crippen LogP contribution < -0.4 is 15.6 Å². The van der Waals surface area contributed by atoms with Gasteiger partial charge in [-0.1, -0.05) is 41.4 Å². The second-order valence-electron chi connectivity index (χ2n) is 8.31. The third kappa shape index (κ3) is 5.07. The number of nitrogens with one attached hydrogen (secondary N) is 2. The van der Waals surface area contributed by atoms with Crippen molar-refractivity contribution in [2.45, 2.75) is 19.0 Å². The topological polar surface area (TPSA) is 64.5 Å². The zero-order valence-corrected chi connectivity index (χ0v) is 19.5. The van der Waals surface area contributed by atoms with Crippen LogP contribution in [0.3, 0.4) is 0 Å². The van der Waals surface area contributed by atoms with Crippen LogP contribution in [0.25, 0.3) is 0 Å². The smallest absolute Gasteiger partial charge is 0.304 e. The largest absolute Gasteiger partial charge is 0.378 e. The number of hydrazine groups is 1. The number of anilines is 1. The van der Waals surface area contributed by atoms with Crippen molar-refractivity contribution in [1.82, 2.24) is 10.7 Å². The Morgan fingerprint density at radius 1 is 1.00 bits per heavy atom. The van der Waals surface area contributed by atoms with Crippen LogP contribution in [0.2, 0.25) is 5.02 Å². The molecule has 7 heteroatoms. The van der Waals surface area contributed by atoms with E-state index < -0.39 is 12.1 Å². The number of aryl methyl sites for hydroxylation is 1. The number of carbonyl (C=O) groups is 2. The van der Waals surface area contributed by atoms with Gasteiger partial charge in [0.1, 0.15) is 0 Å². The molecule has 33 heavy (non-hydrogen) atoms. The number of nitrogens with zero attached hydrogens (tertiary/aromatic N) is 2. The Kier molecular flexibility index (Phi) is 6.47. The SMILES string of the molecule is Cc1ccc([C@@H]2[C@@H](NC(=O)c3ccc(Cl)cc3)C(=O)N/[N+]2=C\c2ccc(N(C)C)cc2)cc1. The quantitative estimate of drug-likeness (QED) is 0.569. The highest BCUT2D eigenvalue weighted by molar-refractivity contribution is 6.30. The van der Waals surface area contributed by atoms with Gasteiger partial charge < -0.3 is 10.2 Å². The molecule has 1 aliphatic rings. The number of carbonyl (C=O) groups excluding carboxylic acids is 2. The van der Waals surface area contributed by atoms with Crippen LogP contribution in [0.5, 0.6) is 0 Å². The maximum Gasteiger partial charge on any atom is 0.304 e. The van der Waals surface area contributed by atoms with Gasteiger partial charge in [0.05, 0.1) is 0 Å². The Bertz CT molecular complexity index is 1190. The Morgan fingerprint density at radius 3 is 2.24 bits per heavy atom. The third-order valence-electron chi connectivity index (χ3n) is 5.65. The molecule has 3 aromatic carbocycles. The second-order valence-corrected chi connectivity index (χ2v) is 8.75. The molecule has 1 aliphatic heterocycles. The van der Waals surface area contributed by atoms with Crippen LogP contribution in [0.15, 0.2) is 72.8 Å². The van der Waals surface area contributed by atoms with E-state index in [1.807, 2.05) is 80.7 Å². The maximum absolute atomic E-state index is 13.0. The summed E-state index contributed by atoms with van der Waals surface area (Å²) < 4.78 is 1.77. The summed E-state index contributed by atoms with van der Waals surface area (Å²) in [6.45, 7) is 2.01. The molecular weight excluding hydrogens is 436 g/mol. The Hall–Kier alpha value is -3.64. The van der Waals surface area contributed by atoms with Gasteiger partial charge in [-0.15, -0.1) is 10.1 Å². The fraction of sp³-hybridized carbons (Fsp3) is 0.192. The number of halogens is 1. The Morgan fingerprint density at radius 2 is 1.64 bits per heavy atom. The van der Waals surface area contributed by atoms with E-state index in [1.54, 1.807) is 28.9 Å². The lowest BCUT2D eigenvalue weighted by Crippen LogP contribution is -2.42. The highest BCUT2D eigenvalue weighted by Crippen LogP contribution is 2.26. The van der Waals surface area contributed by atoms with Crippen LogP contribution in [0.1, 0.15) is 33.1 Å². The summed E-state index contributed by atoms with van der Waals surface area (Å²) in [4.78, 5) is 27.9. The van der Waals surface area contributed by atoms with Crippen LogP contribution in [-0.4, -0.2) is 42.9 Å². The van der Waals surface area contributed by atoms with Crippen LogP contribution in [0.4, 0.5) is 5.69 Å². The molecule has 0 bridgehead atoms. The molecule has 3 aromatic rings. The number of amides is 2. The first-order valence-corrected chi connectivity index (χ1v) is 11.0. The summed E-state index contributed by atoms with van der Waals surface area (Å²) in [6, 6.07) is 21.4. The fourth-order valence-electron chi connectivity index (χ4n) is 3.79. The molecule has 0 saturated carbocycles. The molecule has 1 heterocycles. The summed E-state index contributed by atoms with van der Waals surface area (Å²) >= 11 is 5.94. The molecule has 168 valence electrons. The molecule has 0 aromatic heterocycles. The molecule has 0 radical (unpaired) electrons. The normalized spacial score (nSPS) is 18.8. The molecule has 0 aliphatic carbocycles. The molecule has 2 N–H and O–H groups in total. The van der Waals surface area contributed by atoms with E-state index in [1.165, 1.54) is 0 Å². The summed E-state index contributed by atoms with van der Waals surface area (Å²) in [5, 5.41) is 3.45. The Balaban J connectivity index is 1.68. The van der Waals surface area contributed by atoms with Gasteiger partial charge in [0.15, 0.2) is 6.04 Å². The van der Waals surface area contributed by atoms with Gasteiger partial charge in [0.25, 0.3) is 5.91 Å². The number of hydrogen-bond acceptors (Lipinski definition) is 3. The first kappa shape index (κ1) is 22.6. The number of rotatable bonds is 5. The van der Waals surface area contributed by atoms with Crippen molar-refractivity contribution in [3.63, 3.8) is 0 Å². The summed E-state index contributed by atoms with van der Waals surface area (Å²) in [5.41, 5.74) is 7.41. The minimum absolute atomic E-state index is 0.274. The van der Waals surface area contributed by atoms with Crippen LogP contribution >= 0.6 is 11.6 Å². The number of benzene rings is 3. The van der Waals surface area contributed by atoms with E-state index in [0.717, 1.165) is 22.4 Å². The molecule has 1 saturated heterocycles. The van der Waals surface area contributed by atoms with Crippen molar-refractivity contribution in [3.05, 3.63) is 100 Å². The molecule has 2 amide bonds. The zero-order chi connectivity index (χ0) is 23.5. The fourth-order valence-corrected chi connectivity index (χ4v) is 3.92. The first-order valence-electron chi connectivity index (χ1n) is 10.7. The van der Waals surface area contributed by atoms with E-state index in [-0.39, 0.29) is 11.8 Å². The van der Waals surface area contributed by atoms with Crippen molar-refractivity contribution in [2.24, 2.45) is 0 Å². The molecule has 0 unspecified atom stereocenters. The average Bonchev–Trinajstić information content (AvgIpc) is 3.09. The number of hydrogen-bond donors (Lipinski definition) is 2. The molecule has 2 atom stereocenters. The van der Waals surface area contributed by atoms with E-state index >= 15 is 0 Å². The van der Waals surface area contributed by atoms with Crippen molar-refractivity contribution in [1.29, 1.82) is 0 Å². The van der Waals surface area contributed by atoms with Crippen molar-refractivity contribution < 1.29 is 14.3 Å². The zero-order valence-electron chi connectivity index (χ0n) is 18.7. The predicted molar refractivity (Wildman–Crippen MR) is 131 cm³/mol. The van der Waals surface area contributed by atoms with Gasteiger partial charge in [0, 0.05) is 41.5 Å². The average molecular weight is 462 g/mol. The maximum atomic E-state index is 13.0. The second kappa shape index (κ2) is 9.46. The minimum atomic E-state index is -0.770. The van der Waals surface area contributed by atoms with Gasteiger partial charge in [-0.3, -0.25) is 9.59 Å². The standard InChI is InChI=1S/C26H25ClN4O2/c1-17-4-8-19(9-5-17)24-23(28-25(32)20-10-12-21(27)13-11-20)26(33)29-31(24)16-18-6-14-22(15-7-18)30(2)3/h4-16,23-24H,1-3H3,(H-,28,29,32,33)/p+1/t23-,24-/m1/s1. The van der Waals surface area contributed by atoms with Crippen molar-refractivity contribution in [3.8, 4) is 0 Å². The van der Waals surface area contributed by atoms with Gasteiger partial charge in [0.2, 0.25) is 12.3 Å². The summed E-state index contributed by atoms with van der Waals surface area (Å²) in [7, 11) is 3.97. The van der Waals surface area contributed by atoms with Crippen molar-refractivity contribution in [2.75, 3.05) is 19.0 Å². The first-order chi connectivity index (χ1) is 15.8. The van der Waals surface area contributed by atoms with Gasteiger partial charge in [-0.2, -0.15) is 0 Å². The monoisotopic (exact) mass is 461 g/mol. The van der Waals surface area contributed by atoms with Crippen LogP contribution in [0, 0.1) is 6.92 Å². The molecule has 6 nitrogen and oxygen atoms in total. The lowest BCUT2D eigenvalue weighted by Gasteiger charge is -2.15. The molecular formula is C26H26ClN4O2+.